The Morgan fingerprint density at radius 1 is 1.03 bits per heavy atom. The third kappa shape index (κ3) is 5.79. The van der Waals surface area contributed by atoms with Crippen molar-refractivity contribution in [2.24, 2.45) is 0 Å². The lowest BCUT2D eigenvalue weighted by Crippen LogP contribution is -2.31. The summed E-state index contributed by atoms with van der Waals surface area (Å²) in [6.07, 6.45) is 0. The second-order valence-electron chi connectivity index (χ2n) is 7.01. The normalized spacial score (nSPS) is 13.7. The summed E-state index contributed by atoms with van der Waals surface area (Å²) in [5, 5.41) is 5.82. The van der Waals surface area contributed by atoms with Gasteiger partial charge in [0.25, 0.3) is 0 Å². The van der Waals surface area contributed by atoms with E-state index >= 15 is 0 Å². The lowest BCUT2D eigenvalue weighted by Gasteiger charge is -2.18. The summed E-state index contributed by atoms with van der Waals surface area (Å²) < 4.78 is 10.1. The number of hydrogen-bond acceptors (Lipinski definition) is 4. The molecule has 7 heteroatoms. The van der Waals surface area contributed by atoms with Crippen LogP contribution < -0.4 is 10.6 Å². The maximum absolute atomic E-state index is 12.5. The lowest BCUT2D eigenvalue weighted by molar-refractivity contribution is -0.126. The van der Waals surface area contributed by atoms with Crippen molar-refractivity contribution in [2.45, 2.75) is 26.1 Å². The first-order valence-electron chi connectivity index (χ1n) is 9.65. The SMILES string of the molecule is COCCOCC(=O)NC(C)c1ccc(NC(=O)N2Cc3ccccc3C2)cc1. The molecule has 2 aromatic rings. The minimum Gasteiger partial charge on any atom is -0.382 e. The van der Waals surface area contributed by atoms with Crippen molar-refractivity contribution in [1.29, 1.82) is 0 Å². The second kappa shape index (κ2) is 10.0. The smallest absolute Gasteiger partial charge is 0.322 e. The highest BCUT2D eigenvalue weighted by atomic mass is 16.5. The Kier molecular flexibility index (Phi) is 7.21. The third-order valence-electron chi connectivity index (χ3n) is 4.83. The number of rotatable bonds is 8. The minimum atomic E-state index is -0.181. The van der Waals surface area contributed by atoms with Crippen molar-refractivity contribution in [3.05, 3.63) is 65.2 Å². The van der Waals surface area contributed by atoms with Crippen LogP contribution in [-0.2, 0) is 27.4 Å². The molecule has 2 N–H and O–H groups in total. The average Bonchev–Trinajstić information content (AvgIpc) is 3.16. The van der Waals surface area contributed by atoms with Crippen molar-refractivity contribution in [1.82, 2.24) is 10.2 Å². The highest BCUT2D eigenvalue weighted by Crippen LogP contribution is 2.23. The van der Waals surface area contributed by atoms with Crippen molar-refractivity contribution in [3.8, 4) is 0 Å². The number of ether oxygens (including phenoxy) is 2. The van der Waals surface area contributed by atoms with Crippen LogP contribution in [0.2, 0.25) is 0 Å². The fourth-order valence-electron chi connectivity index (χ4n) is 3.21. The van der Waals surface area contributed by atoms with Gasteiger partial charge in [0.05, 0.1) is 19.3 Å². The fraction of sp³-hybridized carbons (Fsp3) is 0.364. The molecule has 0 fully saturated rings. The Balaban J connectivity index is 1.47. The van der Waals surface area contributed by atoms with Crippen LogP contribution in [0.4, 0.5) is 10.5 Å². The topological polar surface area (TPSA) is 79.9 Å². The van der Waals surface area contributed by atoms with E-state index in [0.717, 1.165) is 11.3 Å². The van der Waals surface area contributed by atoms with Gasteiger partial charge in [-0.1, -0.05) is 36.4 Å². The van der Waals surface area contributed by atoms with Gasteiger partial charge < -0.3 is 25.0 Å². The summed E-state index contributed by atoms with van der Waals surface area (Å²) in [5.74, 6) is -0.181. The molecule has 0 saturated carbocycles. The van der Waals surface area contributed by atoms with Crippen LogP contribution in [0.25, 0.3) is 0 Å². The summed E-state index contributed by atoms with van der Waals surface area (Å²) in [5.41, 5.74) is 4.04. The number of fused-ring (bicyclic) bond motifs is 1. The zero-order chi connectivity index (χ0) is 20.6. The van der Waals surface area contributed by atoms with Crippen molar-refractivity contribution < 1.29 is 19.1 Å². The van der Waals surface area contributed by atoms with E-state index in [1.807, 2.05) is 43.3 Å². The van der Waals surface area contributed by atoms with Gasteiger partial charge in [0.1, 0.15) is 6.61 Å². The second-order valence-corrected chi connectivity index (χ2v) is 7.01. The number of carbonyl (C=O) groups is 2. The Morgan fingerprint density at radius 2 is 1.69 bits per heavy atom. The summed E-state index contributed by atoms with van der Waals surface area (Å²) in [6, 6.07) is 15.3. The molecule has 0 radical (unpaired) electrons. The monoisotopic (exact) mass is 397 g/mol. The first-order chi connectivity index (χ1) is 14.1. The molecule has 7 nitrogen and oxygen atoms in total. The van der Waals surface area contributed by atoms with Crippen molar-refractivity contribution in [3.63, 3.8) is 0 Å². The van der Waals surface area contributed by atoms with Gasteiger partial charge in [-0.15, -0.1) is 0 Å². The molecule has 0 aromatic heterocycles. The number of nitrogens with zero attached hydrogens (tertiary/aromatic N) is 1. The molecule has 3 rings (SSSR count). The van der Waals surface area contributed by atoms with Gasteiger partial charge in [-0.25, -0.2) is 4.79 Å². The number of methoxy groups -OCH3 is 1. The molecule has 1 aliphatic heterocycles. The molecule has 29 heavy (non-hydrogen) atoms. The van der Waals surface area contributed by atoms with E-state index in [0.29, 0.717) is 26.3 Å². The Hall–Kier alpha value is -2.90. The molecule has 3 amide bonds. The molecule has 1 atom stereocenters. The molecule has 2 aromatic carbocycles. The van der Waals surface area contributed by atoms with Gasteiger partial charge in [-0.3, -0.25) is 4.79 Å². The van der Waals surface area contributed by atoms with Gasteiger partial charge in [-0.05, 0) is 35.7 Å². The molecule has 154 valence electrons. The van der Waals surface area contributed by atoms with E-state index < -0.39 is 0 Å². The van der Waals surface area contributed by atoms with Crippen LogP contribution >= 0.6 is 0 Å². The number of nitrogens with one attached hydrogen (secondary N) is 2. The zero-order valence-corrected chi connectivity index (χ0v) is 16.8. The molecule has 0 saturated heterocycles. The highest BCUT2D eigenvalue weighted by Gasteiger charge is 2.22. The number of hydrogen-bond donors (Lipinski definition) is 2. The predicted molar refractivity (Wildman–Crippen MR) is 110 cm³/mol. The highest BCUT2D eigenvalue weighted by molar-refractivity contribution is 5.89. The van der Waals surface area contributed by atoms with E-state index in [1.165, 1.54) is 11.1 Å². The Bertz CT molecular complexity index is 813. The average molecular weight is 397 g/mol. The van der Waals surface area contributed by atoms with Crippen LogP contribution in [0.5, 0.6) is 0 Å². The molecular formula is C22H27N3O4. The van der Waals surface area contributed by atoms with Gasteiger partial charge in [0.2, 0.25) is 5.91 Å². The van der Waals surface area contributed by atoms with Crippen LogP contribution in [0.1, 0.15) is 29.7 Å². The lowest BCUT2D eigenvalue weighted by atomic mass is 10.1. The van der Waals surface area contributed by atoms with E-state index in [-0.39, 0.29) is 24.6 Å². The maximum atomic E-state index is 12.5. The van der Waals surface area contributed by atoms with Gasteiger partial charge in [-0.2, -0.15) is 0 Å². The standard InChI is InChI=1S/C22H27N3O4/c1-16(23-21(26)15-29-12-11-28-2)17-7-9-20(10-8-17)24-22(27)25-13-18-5-3-4-6-19(18)14-25/h3-10,16H,11-15H2,1-2H3,(H,23,26)(H,24,27). The first-order valence-corrected chi connectivity index (χ1v) is 9.65. The number of anilines is 1. The molecule has 1 aliphatic rings. The summed E-state index contributed by atoms with van der Waals surface area (Å²) in [6.45, 7) is 3.99. The predicted octanol–water partition coefficient (Wildman–Crippen LogP) is 3.07. The maximum Gasteiger partial charge on any atom is 0.322 e. The number of benzene rings is 2. The van der Waals surface area contributed by atoms with E-state index in [1.54, 1.807) is 12.0 Å². The molecule has 1 heterocycles. The number of carbonyl (C=O) groups excluding carboxylic acids is 2. The molecule has 0 aliphatic carbocycles. The first kappa shape index (κ1) is 20.8. The van der Waals surface area contributed by atoms with E-state index in [9.17, 15) is 9.59 Å². The zero-order valence-electron chi connectivity index (χ0n) is 16.8. The Labute approximate surface area is 171 Å². The van der Waals surface area contributed by atoms with E-state index in [4.69, 9.17) is 9.47 Å². The van der Waals surface area contributed by atoms with Gasteiger partial charge in [0, 0.05) is 25.9 Å². The van der Waals surface area contributed by atoms with Crippen LogP contribution in [0.3, 0.4) is 0 Å². The summed E-state index contributed by atoms with van der Waals surface area (Å²) in [7, 11) is 1.59. The number of amides is 3. The Morgan fingerprint density at radius 3 is 2.31 bits per heavy atom. The van der Waals surface area contributed by atoms with Crippen molar-refractivity contribution in [2.75, 3.05) is 32.2 Å². The van der Waals surface area contributed by atoms with Crippen molar-refractivity contribution >= 4 is 17.6 Å². The summed E-state index contributed by atoms with van der Waals surface area (Å²) in [4.78, 5) is 26.2. The molecule has 0 spiro atoms. The van der Waals surface area contributed by atoms with E-state index in [2.05, 4.69) is 22.8 Å². The van der Waals surface area contributed by atoms with Crippen LogP contribution in [0, 0.1) is 0 Å². The van der Waals surface area contributed by atoms with Gasteiger partial charge in [0.15, 0.2) is 0 Å². The number of urea groups is 1. The quantitative estimate of drug-likeness (QED) is 0.671. The van der Waals surface area contributed by atoms with Gasteiger partial charge >= 0.3 is 6.03 Å². The summed E-state index contributed by atoms with van der Waals surface area (Å²) >= 11 is 0. The van der Waals surface area contributed by atoms with Crippen LogP contribution in [0.15, 0.2) is 48.5 Å². The molecular weight excluding hydrogens is 370 g/mol. The largest absolute Gasteiger partial charge is 0.382 e. The third-order valence-corrected chi connectivity index (χ3v) is 4.83. The fourth-order valence-corrected chi connectivity index (χ4v) is 3.21. The molecule has 0 bridgehead atoms. The minimum absolute atomic E-state index is 0.0000641. The molecule has 1 unspecified atom stereocenters. The van der Waals surface area contributed by atoms with Crippen LogP contribution in [-0.4, -0.2) is 43.8 Å².